The normalized spacial score (nSPS) is 14.7. The van der Waals surface area contributed by atoms with E-state index in [1.165, 1.54) is 5.56 Å². The Balaban J connectivity index is 1.50. The molecule has 5 nitrogen and oxygen atoms in total. The smallest absolute Gasteiger partial charge is 0.313 e. The summed E-state index contributed by atoms with van der Waals surface area (Å²) in [6.45, 7) is 1.25. The van der Waals surface area contributed by atoms with E-state index >= 15 is 0 Å². The van der Waals surface area contributed by atoms with Crippen LogP contribution in [0.3, 0.4) is 0 Å². The number of carbonyl (C=O) groups excluding carboxylic acids is 2. The number of hydrogen-bond acceptors (Lipinski definition) is 3. The lowest BCUT2D eigenvalue weighted by molar-refractivity contribution is -0.144. The van der Waals surface area contributed by atoms with Crippen LogP contribution in [0.15, 0.2) is 54.6 Å². The molecule has 1 heterocycles. The highest BCUT2D eigenvalue weighted by atomic mass is 16.5. The molecule has 26 heavy (non-hydrogen) atoms. The summed E-state index contributed by atoms with van der Waals surface area (Å²) < 4.78 is 5.13. The van der Waals surface area contributed by atoms with Crippen LogP contribution in [-0.2, 0) is 16.0 Å². The van der Waals surface area contributed by atoms with Gasteiger partial charge in [-0.1, -0.05) is 36.4 Å². The lowest BCUT2D eigenvalue weighted by atomic mass is 9.90. The van der Waals surface area contributed by atoms with Crippen LogP contribution in [0.5, 0.6) is 5.75 Å². The molecule has 2 aromatic rings. The van der Waals surface area contributed by atoms with Crippen molar-refractivity contribution < 1.29 is 14.3 Å². The number of carbonyl (C=O) groups is 2. The van der Waals surface area contributed by atoms with E-state index in [1.807, 2.05) is 6.07 Å². The SMILES string of the molecule is COc1cccc(NC(=O)C(=O)N2CCC(Cc3ccccc3)CC2)c1. The number of piperidine rings is 1. The van der Waals surface area contributed by atoms with Gasteiger partial charge in [0.25, 0.3) is 0 Å². The van der Waals surface area contributed by atoms with E-state index in [4.69, 9.17) is 4.74 Å². The number of amides is 2. The van der Waals surface area contributed by atoms with Crippen LogP contribution in [0.4, 0.5) is 5.69 Å². The molecule has 0 unspecified atom stereocenters. The van der Waals surface area contributed by atoms with Gasteiger partial charge in [0, 0.05) is 24.8 Å². The third-order valence-corrected chi connectivity index (χ3v) is 4.79. The van der Waals surface area contributed by atoms with Gasteiger partial charge in [0.15, 0.2) is 0 Å². The number of ether oxygens (including phenoxy) is 1. The molecule has 1 aliphatic heterocycles. The van der Waals surface area contributed by atoms with Crippen LogP contribution >= 0.6 is 0 Å². The first kappa shape index (κ1) is 18.0. The van der Waals surface area contributed by atoms with Gasteiger partial charge in [-0.3, -0.25) is 9.59 Å². The van der Waals surface area contributed by atoms with Crippen LogP contribution in [0.2, 0.25) is 0 Å². The fourth-order valence-electron chi connectivity index (χ4n) is 3.32. The molecule has 0 bridgehead atoms. The minimum Gasteiger partial charge on any atom is -0.497 e. The summed E-state index contributed by atoms with van der Waals surface area (Å²) >= 11 is 0. The van der Waals surface area contributed by atoms with E-state index in [0.717, 1.165) is 19.3 Å². The van der Waals surface area contributed by atoms with Crippen molar-refractivity contribution in [1.82, 2.24) is 4.90 Å². The number of anilines is 1. The number of nitrogens with one attached hydrogen (secondary N) is 1. The Morgan fingerprint density at radius 3 is 2.50 bits per heavy atom. The quantitative estimate of drug-likeness (QED) is 0.860. The second-order valence-electron chi connectivity index (χ2n) is 6.61. The maximum Gasteiger partial charge on any atom is 0.313 e. The Kier molecular flexibility index (Phi) is 5.89. The Morgan fingerprint density at radius 2 is 1.81 bits per heavy atom. The van der Waals surface area contributed by atoms with Crippen molar-refractivity contribution in [2.45, 2.75) is 19.3 Å². The number of nitrogens with zero attached hydrogens (tertiary/aromatic N) is 1. The summed E-state index contributed by atoms with van der Waals surface area (Å²) in [5, 5.41) is 2.65. The molecule has 0 atom stereocenters. The summed E-state index contributed by atoms with van der Waals surface area (Å²) in [6.07, 6.45) is 2.87. The topological polar surface area (TPSA) is 58.6 Å². The third kappa shape index (κ3) is 4.63. The molecular formula is C21H24N2O3. The van der Waals surface area contributed by atoms with Gasteiger partial charge >= 0.3 is 11.8 Å². The van der Waals surface area contributed by atoms with E-state index in [-0.39, 0.29) is 0 Å². The summed E-state index contributed by atoms with van der Waals surface area (Å²) in [6, 6.07) is 17.4. The van der Waals surface area contributed by atoms with E-state index in [9.17, 15) is 9.59 Å². The van der Waals surface area contributed by atoms with Crippen molar-refractivity contribution in [2.75, 3.05) is 25.5 Å². The van der Waals surface area contributed by atoms with Gasteiger partial charge in [-0.25, -0.2) is 0 Å². The van der Waals surface area contributed by atoms with Crippen LogP contribution in [0, 0.1) is 5.92 Å². The molecule has 0 radical (unpaired) electrons. The Morgan fingerprint density at radius 1 is 1.08 bits per heavy atom. The van der Waals surface area contributed by atoms with E-state index in [1.54, 1.807) is 36.3 Å². The number of hydrogen-bond donors (Lipinski definition) is 1. The first-order chi connectivity index (χ1) is 12.7. The molecular weight excluding hydrogens is 328 g/mol. The van der Waals surface area contributed by atoms with E-state index < -0.39 is 11.8 Å². The average molecular weight is 352 g/mol. The molecule has 2 aromatic carbocycles. The van der Waals surface area contributed by atoms with Crippen LogP contribution in [-0.4, -0.2) is 36.9 Å². The third-order valence-electron chi connectivity index (χ3n) is 4.79. The van der Waals surface area contributed by atoms with Gasteiger partial charge < -0.3 is 15.0 Å². The molecule has 1 N–H and O–H groups in total. The maximum atomic E-state index is 12.4. The zero-order valence-electron chi connectivity index (χ0n) is 15.0. The van der Waals surface area contributed by atoms with Crippen molar-refractivity contribution in [2.24, 2.45) is 5.92 Å². The standard InChI is InChI=1S/C21H24N2O3/c1-26-19-9-5-8-18(15-19)22-20(24)21(25)23-12-10-17(11-13-23)14-16-6-3-2-4-7-16/h2-9,15,17H,10-14H2,1H3,(H,22,24). The zero-order chi connectivity index (χ0) is 18.4. The summed E-state index contributed by atoms with van der Waals surface area (Å²) in [4.78, 5) is 26.3. The largest absolute Gasteiger partial charge is 0.497 e. The highest BCUT2D eigenvalue weighted by molar-refractivity contribution is 6.39. The average Bonchev–Trinajstić information content (AvgIpc) is 2.69. The summed E-state index contributed by atoms with van der Waals surface area (Å²) in [5.74, 6) is 0.130. The molecule has 1 fully saturated rings. The maximum absolute atomic E-state index is 12.4. The highest BCUT2D eigenvalue weighted by Gasteiger charge is 2.27. The minimum atomic E-state index is -0.597. The fraction of sp³-hybridized carbons (Fsp3) is 0.333. The molecule has 0 aliphatic carbocycles. The van der Waals surface area contributed by atoms with Gasteiger partial charge in [0.1, 0.15) is 5.75 Å². The van der Waals surface area contributed by atoms with Crippen LogP contribution < -0.4 is 10.1 Å². The fourth-order valence-corrected chi connectivity index (χ4v) is 3.32. The lowest BCUT2D eigenvalue weighted by Gasteiger charge is -2.31. The molecule has 136 valence electrons. The van der Waals surface area contributed by atoms with E-state index in [0.29, 0.717) is 30.4 Å². The summed E-state index contributed by atoms with van der Waals surface area (Å²) in [7, 11) is 1.56. The number of likely N-dealkylation sites (tertiary alicyclic amines) is 1. The van der Waals surface area contributed by atoms with Gasteiger partial charge in [-0.2, -0.15) is 0 Å². The minimum absolute atomic E-state index is 0.467. The Hall–Kier alpha value is -2.82. The summed E-state index contributed by atoms with van der Waals surface area (Å²) in [5.41, 5.74) is 1.88. The van der Waals surface area contributed by atoms with Crippen molar-refractivity contribution in [3.8, 4) is 5.75 Å². The Bertz CT molecular complexity index is 753. The van der Waals surface area contributed by atoms with Gasteiger partial charge in [0.05, 0.1) is 7.11 Å². The first-order valence-electron chi connectivity index (χ1n) is 8.94. The van der Waals surface area contributed by atoms with Gasteiger partial charge in [-0.15, -0.1) is 0 Å². The molecule has 2 amide bonds. The molecule has 1 aliphatic rings. The Labute approximate surface area is 154 Å². The number of methoxy groups -OCH3 is 1. The predicted octanol–water partition coefficient (Wildman–Crippen LogP) is 3.12. The monoisotopic (exact) mass is 352 g/mol. The van der Waals surface area contributed by atoms with Crippen molar-refractivity contribution >= 4 is 17.5 Å². The molecule has 0 spiro atoms. The van der Waals surface area contributed by atoms with Crippen LogP contribution in [0.25, 0.3) is 0 Å². The van der Waals surface area contributed by atoms with Gasteiger partial charge in [0.2, 0.25) is 0 Å². The van der Waals surface area contributed by atoms with Crippen molar-refractivity contribution in [3.05, 3.63) is 60.2 Å². The zero-order valence-corrected chi connectivity index (χ0v) is 15.0. The molecule has 0 saturated carbocycles. The van der Waals surface area contributed by atoms with Crippen LogP contribution in [0.1, 0.15) is 18.4 Å². The predicted molar refractivity (Wildman–Crippen MR) is 101 cm³/mol. The number of benzene rings is 2. The van der Waals surface area contributed by atoms with Crippen molar-refractivity contribution in [1.29, 1.82) is 0 Å². The first-order valence-corrected chi connectivity index (χ1v) is 8.94. The molecule has 1 saturated heterocycles. The molecule has 5 heteroatoms. The number of rotatable bonds is 4. The van der Waals surface area contributed by atoms with Gasteiger partial charge in [-0.05, 0) is 42.9 Å². The van der Waals surface area contributed by atoms with E-state index in [2.05, 4.69) is 29.6 Å². The molecule has 3 rings (SSSR count). The van der Waals surface area contributed by atoms with Crippen molar-refractivity contribution in [3.63, 3.8) is 0 Å². The second kappa shape index (κ2) is 8.52. The lowest BCUT2D eigenvalue weighted by Crippen LogP contribution is -2.44. The second-order valence-corrected chi connectivity index (χ2v) is 6.61. The highest BCUT2D eigenvalue weighted by Crippen LogP contribution is 2.22. The molecule has 0 aromatic heterocycles.